The lowest BCUT2D eigenvalue weighted by Gasteiger charge is -2.08. The second-order valence-corrected chi connectivity index (χ2v) is 5.90. The number of ether oxygens (including phenoxy) is 2. The number of nitrogens with zero attached hydrogens (tertiary/aromatic N) is 3. The van der Waals surface area contributed by atoms with E-state index in [1.165, 1.54) is 6.08 Å². The SMILES string of the molecule is COc1ccc(/C=C/C(=O)NCCn2ccnc2-c2ccccn2)cc1OC. The van der Waals surface area contributed by atoms with Gasteiger partial charge in [-0.1, -0.05) is 12.1 Å². The van der Waals surface area contributed by atoms with Crippen LogP contribution in [0.3, 0.4) is 0 Å². The molecular weight excluding hydrogens is 356 g/mol. The zero-order valence-electron chi connectivity index (χ0n) is 15.8. The maximum absolute atomic E-state index is 12.1. The molecule has 28 heavy (non-hydrogen) atoms. The van der Waals surface area contributed by atoms with E-state index in [9.17, 15) is 4.79 Å². The number of methoxy groups -OCH3 is 2. The summed E-state index contributed by atoms with van der Waals surface area (Å²) in [6.07, 6.45) is 8.55. The normalized spacial score (nSPS) is 10.8. The Morgan fingerprint density at radius 2 is 1.96 bits per heavy atom. The molecule has 7 nitrogen and oxygen atoms in total. The number of hydrogen-bond donors (Lipinski definition) is 1. The molecule has 2 heterocycles. The molecule has 0 spiro atoms. The van der Waals surface area contributed by atoms with Gasteiger partial charge in [0, 0.05) is 37.8 Å². The molecule has 3 rings (SSSR count). The van der Waals surface area contributed by atoms with Crippen molar-refractivity contribution in [3.8, 4) is 23.0 Å². The van der Waals surface area contributed by atoms with Gasteiger partial charge in [-0.2, -0.15) is 0 Å². The van der Waals surface area contributed by atoms with Crippen molar-refractivity contribution in [2.45, 2.75) is 6.54 Å². The molecule has 0 atom stereocenters. The van der Waals surface area contributed by atoms with Gasteiger partial charge in [-0.15, -0.1) is 0 Å². The molecule has 0 fully saturated rings. The molecule has 0 unspecified atom stereocenters. The first-order valence-corrected chi connectivity index (χ1v) is 8.81. The van der Waals surface area contributed by atoms with Crippen LogP contribution < -0.4 is 14.8 Å². The van der Waals surface area contributed by atoms with E-state index in [0.717, 1.165) is 17.1 Å². The minimum atomic E-state index is -0.172. The van der Waals surface area contributed by atoms with Gasteiger partial charge in [-0.25, -0.2) is 4.98 Å². The van der Waals surface area contributed by atoms with Gasteiger partial charge in [0.1, 0.15) is 5.69 Å². The van der Waals surface area contributed by atoms with Crippen LogP contribution in [0.1, 0.15) is 5.56 Å². The number of benzene rings is 1. The van der Waals surface area contributed by atoms with Gasteiger partial charge >= 0.3 is 0 Å². The van der Waals surface area contributed by atoms with E-state index in [-0.39, 0.29) is 5.91 Å². The van der Waals surface area contributed by atoms with Crippen LogP contribution in [-0.4, -0.2) is 41.2 Å². The lowest BCUT2D eigenvalue weighted by molar-refractivity contribution is -0.116. The molecule has 0 bridgehead atoms. The quantitative estimate of drug-likeness (QED) is 0.610. The summed E-state index contributed by atoms with van der Waals surface area (Å²) in [6.45, 7) is 1.08. The summed E-state index contributed by atoms with van der Waals surface area (Å²) in [5, 5.41) is 2.87. The highest BCUT2D eigenvalue weighted by atomic mass is 16.5. The zero-order valence-corrected chi connectivity index (χ0v) is 15.8. The van der Waals surface area contributed by atoms with Gasteiger partial charge in [0.05, 0.1) is 14.2 Å². The Labute approximate surface area is 163 Å². The van der Waals surface area contributed by atoms with Crippen molar-refractivity contribution in [3.05, 3.63) is 66.6 Å². The number of nitrogens with one attached hydrogen (secondary N) is 1. The number of pyridine rings is 1. The van der Waals surface area contributed by atoms with E-state index in [1.807, 2.05) is 41.1 Å². The fourth-order valence-corrected chi connectivity index (χ4v) is 2.70. The third kappa shape index (κ3) is 4.76. The standard InChI is InChI=1S/C21H22N4O3/c1-27-18-8-6-16(15-19(18)28-2)7-9-20(26)23-11-13-25-14-12-24-21(25)17-5-3-4-10-22-17/h3-10,12,14-15H,11,13H2,1-2H3,(H,23,26)/b9-7+. The molecular formula is C21H22N4O3. The van der Waals surface area contributed by atoms with Crippen molar-refractivity contribution >= 4 is 12.0 Å². The predicted octanol–water partition coefficient (Wildman–Crippen LogP) is 2.79. The second kappa shape index (κ2) is 9.36. The van der Waals surface area contributed by atoms with E-state index in [4.69, 9.17) is 9.47 Å². The molecule has 1 aromatic carbocycles. The van der Waals surface area contributed by atoms with Crippen LogP contribution in [0, 0.1) is 0 Å². The Bertz CT molecular complexity index is 951. The number of aromatic nitrogens is 3. The van der Waals surface area contributed by atoms with Crippen molar-refractivity contribution in [1.29, 1.82) is 0 Å². The maximum Gasteiger partial charge on any atom is 0.244 e. The number of carbonyl (C=O) groups excluding carboxylic acids is 1. The van der Waals surface area contributed by atoms with Crippen molar-refractivity contribution in [1.82, 2.24) is 19.9 Å². The summed E-state index contributed by atoms with van der Waals surface area (Å²) in [5.41, 5.74) is 1.65. The summed E-state index contributed by atoms with van der Waals surface area (Å²) < 4.78 is 12.4. The fraction of sp³-hybridized carbons (Fsp3) is 0.190. The number of amides is 1. The first-order valence-electron chi connectivity index (χ1n) is 8.81. The highest BCUT2D eigenvalue weighted by Crippen LogP contribution is 2.27. The van der Waals surface area contributed by atoms with E-state index < -0.39 is 0 Å². The topological polar surface area (TPSA) is 78.3 Å². The smallest absolute Gasteiger partial charge is 0.244 e. The third-order valence-electron chi connectivity index (χ3n) is 4.10. The zero-order chi connectivity index (χ0) is 19.8. The minimum absolute atomic E-state index is 0.172. The Kier molecular flexibility index (Phi) is 6.41. The molecule has 0 aliphatic carbocycles. The predicted molar refractivity (Wildman–Crippen MR) is 107 cm³/mol. The van der Waals surface area contributed by atoms with Crippen molar-refractivity contribution in [3.63, 3.8) is 0 Å². The van der Waals surface area contributed by atoms with E-state index in [1.54, 1.807) is 38.8 Å². The van der Waals surface area contributed by atoms with E-state index >= 15 is 0 Å². The van der Waals surface area contributed by atoms with Gasteiger partial charge in [0.25, 0.3) is 0 Å². The minimum Gasteiger partial charge on any atom is -0.493 e. The molecule has 0 aliphatic heterocycles. The van der Waals surface area contributed by atoms with Gasteiger partial charge in [0.2, 0.25) is 5.91 Å². The molecule has 0 aliphatic rings. The third-order valence-corrected chi connectivity index (χ3v) is 4.10. The fourth-order valence-electron chi connectivity index (χ4n) is 2.70. The van der Waals surface area contributed by atoms with E-state index in [2.05, 4.69) is 15.3 Å². The van der Waals surface area contributed by atoms with Crippen LogP contribution in [0.5, 0.6) is 11.5 Å². The van der Waals surface area contributed by atoms with Crippen molar-refractivity contribution < 1.29 is 14.3 Å². The Morgan fingerprint density at radius 3 is 2.71 bits per heavy atom. The monoisotopic (exact) mass is 378 g/mol. The number of imidazole rings is 1. The largest absolute Gasteiger partial charge is 0.493 e. The molecule has 144 valence electrons. The maximum atomic E-state index is 12.1. The molecule has 2 aromatic heterocycles. The molecule has 0 radical (unpaired) electrons. The molecule has 0 saturated carbocycles. The van der Waals surface area contributed by atoms with Crippen LogP contribution in [0.15, 0.2) is 61.1 Å². The highest BCUT2D eigenvalue weighted by molar-refractivity contribution is 5.91. The Balaban J connectivity index is 1.54. The summed E-state index contributed by atoms with van der Waals surface area (Å²) in [5.74, 6) is 1.87. The molecule has 1 amide bonds. The summed E-state index contributed by atoms with van der Waals surface area (Å²) in [7, 11) is 3.16. The molecule has 7 heteroatoms. The van der Waals surface area contributed by atoms with Gasteiger partial charge in [0.15, 0.2) is 17.3 Å². The van der Waals surface area contributed by atoms with Crippen molar-refractivity contribution in [2.75, 3.05) is 20.8 Å². The summed E-state index contributed by atoms with van der Waals surface area (Å²) >= 11 is 0. The average Bonchev–Trinajstić information content (AvgIpc) is 3.21. The highest BCUT2D eigenvalue weighted by Gasteiger charge is 2.07. The lowest BCUT2D eigenvalue weighted by atomic mass is 10.2. The first kappa shape index (κ1) is 19.2. The first-order chi connectivity index (χ1) is 13.7. The Morgan fingerprint density at radius 1 is 1.11 bits per heavy atom. The average molecular weight is 378 g/mol. The van der Waals surface area contributed by atoms with E-state index in [0.29, 0.717) is 24.6 Å². The van der Waals surface area contributed by atoms with Gasteiger partial charge < -0.3 is 19.4 Å². The lowest BCUT2D eigenvalue weighted by Crippen LogP contribution is -2.25. The number of rotatable bonds is 8. The van der Waals surface area contributed by atoms with Crippen LogP contribution in [0.2, 0.25) is 0 Å². The Hall–Kier alpha value is -3.61. The van der Waals surface area contributed by atoms with Crippen molar-refractivity contribution in [2.24, 2.45) is 0 Å². The molecule has 3 aromatic rings. The molecule has 1 N–H and O–H groups in total. The number of carbonyl (C=O) groups is 1. The summed E-state index contributed by atoms with van der Waals surface area (Å²) in [4.78, 5) is 20.7. The molecule has 0 saturated heterocycles. The van der Waals surface area contributed by atoms with Gasteiger partial charge in [-0.05, 0) is 35.9 Å². The number of hydrogen-bond acceptors (Lipinski definition) is 5. The van der Waals surface area contributed by atoms with Crippen LogP contribution in [0.25, 0.3) is 17.6 Å². The van der Waals surface area contributed by atoms with Gasteiger partial charge in [-0.3, -0.25) is 9.78 Å². The van der Waals surface area contributed by atoms with Crippen LogP contribution in [0.4, 0.5) is 0 Å². The van der Waals surface area contributed by atoms with Crippen LogP contribution in [-0.2, 0) is 11.3 Å². The summed E-state index contributed by atoms with van der Waals surface area (Å²) in [6, 6.07) is 11.2. The second-order valence-electron chi connectivity index (χ2n) is 5.90. The van der Waals surface area contributed by atoms with Crippen LogP contribution >= 0.6 is 0 Å².